The van der Waals surface area contributed by atoms with Crippen LogP contribution in [0.25, 0.3) is 0 Å². The van der Waals surface area contributed by atoms with E-state index >= 15 is 0 Å². The number of rotatable bonds is 7. The molecule has 2 aromatic rings. The van der Waals surface area contributed by atoms with Crippen LogP contribution >= 0.6 is 0 Å². The first-order valence-corrected chi connectivity index (χ1v) is 7.97. The molecule has 0 radical (unpaired) electrons. The highest BCUT2D eigenvalue weighted by Crippen LogP contribution is 2.25. The Morgan fingerprint density at radius 2 is 1.81 bits per heavy atom. The minimum atomic E-state index is -0.698. The third kappa shape index (κ3) is 5.66. The molecular weight excluding hydrogens is 340 g/mol. The second-order valence-corrected chi connectivity index (χ2v) is 5.62. The molecule has 1 aromatic heterocycles. The number of carbonyl (C=O) groups excluding carboxylic acids is 3. The Bertz CT molecular complexity index is 755. The molecule has 0 unspecified atom stereocenters. The largest absolute Gasteiger partial charge is 0.482 e. The van der Waals surface area contributed by atoms with E-state index in [4.69, 9.17) is 13.9 Å². The summed E-state index contributed by atoms with van der Waals surface area (Å²) in [6, 6.07) is 10.4. The summed E-state index contributed by atoms with van der Waals surface area (Å²) in [5, 5.41) is 0. The Balaban J connectivity index is 1.70. The third-order valence-electron chi connectivity index (χ3n) is 3.31. The lowest BCUT2D eigenvalue weighted by Gasteiger charge is -2.13. The smallest absolute Gasteiger partial charge is 0.344 e. The van der Waals surface area contributed by atoms with E-state index < -0.39 is 24.4 Å². The molecule has 26 heavy (non-hydrogen) atoms. The van der Waals surface area contributed by atoms with Gasteiger partial charge in [0, 0.05) is 0 Å². The first-order valence-electron chi connectivity index (χ1n) is 7.97. The van der Waals surface area contributed by atoms with Crippen molar-refractivity contribution in [1.82, 2.24) is 10.9 Å². The van der Waals surface area contributed by atoms with Crippen LogP contribution in [0.15, 0.2) is 47.1 Å². The molecule has 0 saturated carbocycles. The van der Waals surface area contributed by atoms with E-state index in [1.807, 2.05) is 32.0 Å². The van der Waals surface area contributed by atoms with Crippen molar-refractivity contribution in [2.24, 2.45) is 0 Å². The van der Waals surface area contributed by atoms with Crippen LogP contribution in [0.1, 0.15) is 35.9 Å². The molecule has 0 fully saturated rings. The first-order chi connectivity index (χ1) is 12.5. The van der Waals surface area contributed by atoms with Crippen molar-refractivity contribution < 1.29 is 28.3 Å². The normalized spacial score (nSPS) is 10.3. The van der Waals surface area contributed by atoms with Gasteiger partial charge in [-0.05, 0) is 29.7 Å². The van der Waals surface area contributed by atoms with E-state index in [9.17, 15) is 14.4 Å². The summed E-state index contributed by atoms with van der Waals surface area (Å²) in [5.41, 5.74) is 5.21. The topological polar surface area (TPSA) is 107 Å². The molecule has 8 nitrogen and oxygen atoms in total. The fraction of sp³-hybridized carbons (Fsp3) is 0.278. The summed E-state index contributed by atoms with van der Waals surface area (Å²) >= 11 is 0. The molecule has 0 saturated heterocycles. The summed E-state index contributed by atoms with van der Waals surface area (Å²) in [6.07, 6.45) is 1.33. The van der Waals surface area contributed by atoms with Crippen LogP contribution in [0.2, 0.25) is 0 Å². The Morgan fingerprint density at radius 1 is 1.04 bits per heavy atom. The summed E-state index contributed by atoms with van der Waals surface area (Å²) in [7, 11) is 0. The molecule has 0 aliphatic heterocycles. The molecule has 0 aliphatic rings. The molecule has 2 N–H and O–H groups in total. The van der Waals surface area contributed by atoms with Gasteiger partial charge in [0.2, 0.25) is 0 Å². The number of furan rings is 1. The van der Waals surface area contributed by atoms with E-state index in [0.717, 1.165) is 5.56 Å². The van der Waals surface area contributed by atoms with Gasteiger partial charge in [-0.3, -0.25) is 20.4 Å². The SMILES string of the molecule is CC(C)c1ccccc1OCC(=O)OCC(=O)NNC(=O)c1ccco1. The Labute approximate surface area is 150 Å². The van der Waals surface area contributed by atoms with Gasteiger partial charge in [-0.2, -0.15) is 0 Å². The van der Waals surface area contributed by atoms with E-state index in [-0.39, 0.29) is 18.3 Å². The first kappa shape index (κ1) is 19.0. The van der Waals surface area contributed by atoms with Crippen molar-refractivity contribution in [2.75, 3.05) is 13.2 Å². The van der Waals surface area contributed by atoms with E-state index in [1.54, 1.807) is 6.07 Å². The third-order valence-corrected chi connectivity index (χ3v) is 3.31. The fourth-order valence-corrected chi connectivity index (χ4v) is 2.05. The second-order valence-electron chi connectivity index (χ2n) is 5.62. The summed E-state index contributed by atoms with van der Waals surface area (Å²) < 4.78 is 15.1. The molecular formula is C18H20N2O6. The predicted molar refractivity (Wildman–Crippen MR) is 91.3 cm³/mol. The number of para-hydroxylation sites is 1. The van der Waals surface area contributed by atoms with E-state index in [2.05, 4.69) is 10.9 Å². The Hall–Kier alpha value is -3.29. The van der Waals surface area contributed by atoms with Gasteiger partial charge in [0.15, 0.2) is 19.0 Å². The second kappa shape index (κ2) is 9.26. The number of hydrogen-bond donors (Lipinski definition) is 2. The molecule has 0 aliphatic carbocycles. The number of ether oxygens (including phenoxy) is 2. The van der Waals surface area contributed by atoms with Crippen molar-refractivity contribution in [1.29, 1.82) is 0 Å². The quantitative estimate of drug-likeness (QED) is 0.576. The van der Waals surface area contributed by atoms with Crippen LogP contribution in [0.4, 0.5) is 0 Å². The molecule has 8 heteroatoms. The maximum atomic E-state index is 11.7. The van der Waals surface area contributed by atoms with Crippen molar-refractivity contribution in [3.8, 4) is 5.75 Å². The van der Waals surface area contributed by atoms with Gasteiger partial charge in [-0.1, -0.05) is 32.0 Å². The predicted octanol–water partition coefficient (Wildman–Crippen LogP) is 1.79. The zero-order chi connectivity index (χ0) is 18.9. The number of nitrogens with one attached hydrogen (secondary N) is 2. The molecule has 1 heterocycles. The minimum absolute atomic E-state index is 0.0412. The Morgan fingerprint density at radius 3 is 2.50 bits per heavy atom. The molecule has 2 rings (SSSR count). The fourth-order valence-electron chi connectivity index (χ4n) is 2.05. The van der Waals surface area contributed by atoms with Crippen LogP contribution < -0.4 is 15.6 Å². The lowest BCUT2D eigenvalue weighted by molar-refractivity contribution is -0.150. The standard InChI is InChI=1S/C18H20N2O6/c1-12(2)13-6-3-4-7-14(13)25-11-17(22)26-10-16(21)19-20-18(23)15-8-5-9-24-15/h3-9,12H,10-11H2,1-2H3,(H,19,21)(H,20,23). The number of benzene rings is 1. The van der Waals surface area contributed by atoms with Crippen LogP contribution in [0.5, 0.6) is 5.75 Å². The minimum Gasteiger partial charge on any atom is -0.482 e. The molecule has 138 valence electrons. The van der Waals surface area contributed by atoms with E-state index in [0.29, 0.717) is 5.75 Å². The zero-order valence-corrected chi connectivity index (χ0v) is 14.5. The van der Waals surface area contributed by atoms with Gasteiger partial charge in [0.1, 0.15) is 5.75 Å². The highest BCUT2D eigenvalue weighted by molar-refractivity contribution is 5.93. The lowest BCUT2D eigenvalue weighted by Crippen LogP contribution is -2.43. The van der Waals surface area contributed by atoms with Crippen LogP contribution in [0, 0.1) is 0 Å². The number of esters is 1. The molecule has 0 bridgehead atoms. The molecule has 0 spiro atoms. The summed E-state index contributed by atoms with van der Waals surface area (Å²) in [6.45, 7) is 3.16. The maximum absolute atomic E-state index is 11.7. The summed E-state index contributed by atoms with van der Waals surface area (Å²) in [4.78, 5) is 34.8. The van der Waals surface area contributed by atoms with Gasteiger partial charge in [0.05, 0.1) is 6.26 Å². The average Bonchev–Trinajstić information content (AvgIpc) is 3.17. The van der Waals surface area contributed by atoms with Crippen LogP contribution in [0.3, 0.4) is 0 Å². The highest BCUT2D eigenvalue weighted by atomic mass is 16.6. The lowest BCUT2D eigenvalue weighted by atomic mass is 10.0. The number of hydrazine groups is 1. The van der Waals surface area contributed by atoms with Crippen molar-refractivity contribution >= 4 is 17.8 Å². The highest BCUT2D eigenvalue weighted by Gasteiger charge is 2.13. The summed E-state index contributed by atoms with van der Waals surface area (Å²) in [5.74, 6) is -1.14. The number of carbonyl (C=O) groups is 3. The molecule has 0 atom stereocenters. The molecule has 2 amide bonds. The van der Waals surface area contributed by atoms with Crippen LogP contribution in [-0.2, 0) is 14.3 Å². The van der Waals surface area contributed by atoms with Crippen LogP contribution in [-0.4, -0.2) is 31.0 Å². The number of amides is 2. The van der Waals surface area contributed by atoms with E-state index in [1.165, 1.54) is 18.4 Å². The average molecular weight is 360 g/mol. The van der Waals surface area contributed by atoms with Gasteiger partial charge in [-0.25, -0.2) is 4.79 Å². The van der Waals surface area contributed by atoms with Gasteiger partial charge in [0.25, 0.3) is 5.91 Å². The van der Waals surface area contributed by atoms with Crippen molar-refractivity contribution in [3.63, 3.8) is 0 Å². The van der Waals surface area contributed by atoms with Gasteiger partial charge >= 0.3 is 11.9 Å². The number of hydrogen-bond acceptors (Lipinski definition) is 6. The maximum Gasteiger partial charge on any atom is 0.344 e. The zero-order valence-electron chi connectivity index (χ0n) is 14.5. The molecule has 1 aromatic carbocycles. The monoisotopic (exact) mass is 360 g/mol. The van der Waals surface area contributed by atoms with Gasteiger partial charge in [-0.15, -0.1) is 0 Å². The van der Waals surface area contributed by atoms with Gasteiger partial charge < -0.3 is 13.9 Å². The van der Waals surface area contributed by atoms with Crippen molar-refractivity contribution in [2.45, 2.75) is 19.8 Å². The van der Waals surface area contributed by atoms with Crippen molar-refractivity contribution in [3.05, 3.63) is 54.0 Å². The Kier molecular flexibility index (Phi) is 6.78.